The van der Waals surface area contributed by atoms with E-state index in [2.05, 4.69) is 5.32 Å². The van der Waals surface area contributed by atoms with E-state index in [0.717, 1.165) is 44.1 Å². The van der Waals surface area contributed by atoms with Crippen molar-refractivity contribution in [1.29, 1.82) is 0 Å². The Morgan fingerprint density at radius 3 is 2.58 bits per heavy atom. The summed E-state index contributed by atoms with van der Waals surface area (Å²) in [4.78, 5) is 14.0. The van der Waals surface area contributed by atoms with Crippen LogP contribution >= 0.6 is 0 Å². The first-order valence-electron chi connectivity index (χ1n) is 8.93. The number of nitrogens with zero attached hydrogens (tertiary/aromatic N) is 1. The summed E-state index contributed by atoms with van der Waals surface area (Å²) in [7, 11) is 1.79. The molecule has 24 heavy (non-hydrogen) atoms. The van der Waals surface area contributed by atoms with Gasteiger partial charge in [0.15, 0.2) is 0 Å². The number of urea groups is 1. The number of carbonyl (C=O) groups excluding carboxylic acids is 1. The van der Waals surface area contributed by atoms with Gasteiger partial charge in [-0.2, -0.15) is 0 Å². The average molecular weight is 334 g/mol. The molecular formula is C19H27FN2O2. The van der Waals surface area contributed by atoms with E-state index in [1.807, 2.05) is 12.1 Å². The molecule has 0 spiro atoms. The topological polar surface area (TPSA) is 52.6 Å². The molecule has 2 fully saturated rings. The molecule has 0 aliphatic heterocycles. The molecule has 0 aromatic heterocycles. The Morgan fingerprint density at radius 1 is 1.29 bits per heavy atom. The fourth-order valence-electron chi connectivity index (χ4n) is 3.74. The fourth-order valence-corrected chi connectivity index (χ4v) is 3.74. The molecule has 3 rings (SSSR count). The van der Waals surface area contributed by atoms with E-state index in [1.165, 1.54) is 12.1 Å². The molecule has 2 unspecified atom stereocenters. The number of hydrogen-bond acceptors (Lipinski definition) is 2. The number of aliphatic hydroxyl groups excluding tert-OH is 1. The Balaban J connectivity index is 1.50. The number of nitrogens with one attached hydrogen (secondary N) is 1. The van der Waals surface area contributed by atoms with Gasteiger partial charge in [-0.1, -0.05) is 25.0 Å². The number of halogens is 1. The molecule has 4 nitrogen and oxygen atoms in total. The molecule has 0 heterocycles. The second-order valence-electron chi connectivity index (χ2n) is 7.44. The van der Waals surface area contributed by atoms with Gasteiger partial charge in [-0.3, -0.25) is 0 Å². The molecular weight excluding hydrogens is 307 g/mol. The van der Waals surface area contributed by atoms with Gasteiger partial charge in [0.05, 0.1) is 6.10 Å². The molecule has 132 valence electrons. The first-order chi connectivity index (χ1) is 11.5. The maximum atomic E-state index is 13.1. The highest BCUT2D eigenvalue weighted by atomic mass is 19.1. The molecule has 2 saturated carbocycles. The van der Waals surface area contributed by atoms with Gasteiger partial charge in [0, 0.05) is 31.5 Å². The van der Waals surface area contributed by atoms with Crippen molar-refractivity contribution in [2.45, 2.75) is 50.0 Å². The minimum Gasteiger partial charge on any atom is -0.393 e. The van der Waals surface area contributed by atoms with E-state index >= 15 is 0 Å². The van der Waals surface area contributed by atoms with Crippen LogP contribution in [0.2, 0.25) is 0 Å². The summed E-state index contributed by atoms with van der Waals surface area (Å²) in [6.07, 6.45) is 5.78. The van der Waals surface area contributed by atoms with Crippen LogP contribution in [0.3, 0.4) is 0 Å². The summed E-state index contributed by atoms with van der Waals surface area (Å²) in [5.41, 5.74) is 1.06. The molecule has 1 aromatic carbocycles. The number of amides is 2. The average Bonchev–Trinajstić information content (AvgIpc) is 3.36. The standard InChI is InChI=1S/C19H27FN2O2/c1-22(12-14-4-2-3-5-17(14)23)18(24)21-13-19(10-11-19)15-6-8-16(20)9-7-15/h6-9,14,17,23H,2-5,10-13H2,1H3,(H,21,24). The third-order valence-corrected chi connectivity index (χ3v) is 5.61. The molecule has 2 atom stereocenters. The molecule has 0 saturated heterocycles. The van der Waals surface area contributed by atoms with Gasteiger partial charge in [-0.25, -0.2) is 9.18 Å². The lowest BCUT2D eigenvalue weighted by Crippen LogP contribution is -2.44. The van der Waals surface area contributed by atoms with Crippen molar-refractivity contribution in [2.75, 3.05) is 20.1 Å². The molecule has 2 N–H and O–H groups in total. The molecule has 0 radical (unpaired) electrons. The third kappa shape index (κ3) is 3.89. The monoisotopic (exact) mass is 334 g/mol. The van der Waals surface area contributed by atoms with E-state index < -0.39 is 0 Å². The second kappa shape index (κ2) is 7.09. The van der Waals surface area contributed by atoms with Crippen molar-refractivity contribution in [3.05, 3.63) is 35.6 Å². The van der Waals surface area contributed by atoms with Gasteiger partial charge in [0.2, 0.25) is 0 Å². The predicted octanol–water partition coefficient (Wildman–Crippen LogP) is 3.05. The summed E-state index contributed by atoms with van der Waals surface area (Å²) in [5, 5.41) is 13.1. The van der Waals surface area contributed by atoms with Crippen LogP contribution in [0.1, 0.15) is 44.1 Å². The van der Waals surface area contributed by atoms with Gasteiger partial charge in [0.25, 0.3) is 0 Å². The molecule has 0 bridgehead atoms. The zero-order valence-electron chi connectivity index (χ0n) is 14.3. The Bertz CT molecular complexity index is 571. The van der Waals surface area contributed by atoms with Crippen LogP contribution in [-0.4, -0.2) is 42.3 Å². The van der Waals surface area contributed by atoms with E-state index in [1.54, 1.807) is 11.9 Å². The number of rotatable bonds is 5. The minimum absolute atomic E-state index is 0.0332. The Morgan fingerprint density at radius 2 is 1.96 bits per heavy atom. The normalized spacial score (nSPS) is 25.1. The summed E-state index contributed by atoms with van der Waals surface area (Å²) >= 11 is 0. The van der Waals surface area contributed by atoms with Crippen molar-refractivity contribution in [1.82, 2.24) is 10.2 Å². The van der Waals surface area contributed by atoms with Crippen LogP contribution < -0.4 is 5.32 Å². The molecule has 2 aliphatic carbocycles. The minimum atomic E-state index is -0.289. The zero-order valence-corrected chi connectivity index (χ0v) is 14.3. The van der Waals surface area contributed by atoms with Gasteiger partial charge in [-0.15, -0.1) is 0 Å². The van der Waals surface area contributed by atoms with Crippen LogP contribution in [0.4, 0.5) is 9.18 Å². The van der Waals surface area contributed by atoms with Crippen LogP contribution in [0.5, 0.6) is 0 Å². The highest BCUT2D eigenvalue weighted by molar-refractivity contribution is 5.74. The smallest absolute Gasteiger partial charge is 0.317 e. The van der Waals surface area contributed by atoms with Crippen molar-refractivity contribution in [2.24, 2.45) is 5.92 Å². The predicted molar refractivity (Wildman–Crippen MR) is 91.3 cm³/mol. The van der Waals surface area contributed by atoms with Crippen LogP contribution in [0.15, 0.2) is 24.3 Å². The first-order valence-corrected chi connectivity index (χ1v) is 8.93. The van der Waals surface area contributed by atoms with E-state index in [-0.39, 0.29) is 29.3 Å². The molecule has 2 aliphatic rings. The lowest BCUT2D eigenvalue weighted by molar-refractivity contribution is 0.0564. The van der Waals surface area contributed by atoms with Crippen LogP contribution in [-0.2, 0) is 5.41 Å². The number of hydrogen-bond donors (Lipinski definition) is 2. The van der Waals surface area contributed by atoms with Gasteiger partial charge < -0.3 is 15.3 Å². The van der Waals surface area contributed by atoms with Crippen molar-refractivity contribution in [3.63, 3.8) is 0 Å². The zero-order chi connectivity index (χ0) is 17.2. The largest absolute Gasteiger partial charge is 0.393 e. The van der Waals surface area contributed by atoms with E-state index in [9.17, 15) is 14.3 Å². The summed E-state index contributed by atoms with van der Waals surface area (Å²) < 4.78 is 13.1. The lowest BCUT2D eigenvalue weighted by atomic mass is 9.86. The van der Waals surface area contributed by atoms with Gasteiger partial charge in [0.1, 0.15) is 5.82 Å². The fraction of sp³-hybridized carbons (Fsp3) is 0.632. The maximum Gasteiger partial charge on any atom is 0.317 e. The Hall–Kier alpha value is -1.62. The van der Waals surface area contributed by atoms with Gasteiger partial charge >= 0.3 is 6.03 Å². The second-order valence-corrected chi connectivity index (χ2v) is 7.44. The molecule has 5 heteroatoms. The summed E-state index contributed by atoms with van der Waals surface area (Å²) in [5.74, 6) is -0.0501. The first kappa shape index (κ1) is 17.2. The summed E-state index contributed by atoms with van der Waals surface area (Å²) in [6.45, 7) is 1.17. The van der Waals surface area contributed by atoms with Crippen molar-refractivity contribution in [3.8, 4) is 0 Å². The van der Waals surface area contributed by atoms with Crippen molar-refractivity contribution >= 4 is 6.03 Å². The van der Waals surface area contributed by atoms with Gasteiger partial charge in [-0.05, 0) is 43.4 Å². The number of aliphatic hydroxyl groups is 1. The van der Waals surface area contributed by atoms with Crippen LogP contribution in [0, 0.1) is 11.7 Å². The highest BCUT2D eigenvalue weighted by Crippen LogP contribution is 2.47. The maximum absolute atomic E-state index is 13.1. The number of carbonyl (C=O) groups is 1. The highest BCUT2D eigenvalue weighted by Gasteiger charge is 2.44. The lowest BCUT2D eigenvalue weighted by Gasteiger charge is -2.31. The summed E-state index contributed by atoms with van der Waals surface area (Å²) in [6, 6.07) is 6.50. The van der Waals surface area contributed by atoms with E-state index in [4.69, 9.17) is 0 Å². The molecule has 1 aromatic rings. The van der Waals surface area contributed by atoms with Crippen molar-refractivity contribution < 1.29 is 14.3 Å². The SMILES string of the molecule is CN(CC1CCCCC1O)C(=O)NCC1(c2ccc(F)cc2)CC1. The Kier molecular flexibility index (Phi) is 5.09. The van der Waals surface area contributed by atoms with Crippen LogP contribution in [0.25, 0.3) is 0 Å². The number of benzene rings is 1. The molecule has 2 amide bonds. The quantitative estimate of drug-likeness (QED) is 0.869. The Labute approximate surface area is 143 Å². The van der Waals surface area contributed by atoms with E-state index in [0.29, 0.717) is 13.1 Å². The third-order valence-electron chi connectivity index (χ3n) is 5.61.